The Kier molecular flexibility index (Phi) is 3.57. The van der Waals surface area contributed by atoms with Gasteiger partial charge in [0.05, 0.1) is 0 Å². The van der Waals surface area contributed by atoms with Crippen LogP contribution in [-0.2, 0) is 9.84 Å². The molecule has 0 atom stereocenters. The molecule has 16 heavy (non-hydrogen) atoms. The van der Waals surface area contributed by atoms with E-state index in [1.165, 1.54) is 6.26 Å². The summed E-state index contributed by atoms with van der Waals surface area (Å²) in [5, 5.41) is 3.07. The molecule has 0 fully saturated rings. The van der Waals surface area contributed by atoms with Gasteiger partial charge < -0.3 is 5.32 Å². The summed E-state index contributed by atoms with van der Waals surface area (Å²) < 4.78 is 23.0. The van der Waals surface area contributed by atoms with E-state index in [0.29, 0.717) is 12.4 Å². The number of sulfone groups is 1. The molecule has 0 aromatic carbocycles. The summed E-state index contributed by atoms with van der Waals surface area (Å²) in [4.78, 5) is 4.31. The van der Waals surface area contributed by atoms with Gasteiger partial charge in [-0.25, -0.2) is 13.4 Å². The maximum Gasteiger partial charge on any atom is 0.179 e. The molecule has 0 aliphatic heterocycles. The van der Waals surface area contributed by atoms with Crippen molar-refractivity contribution in [3.63, 3.8) is 0 Å². The van der Waals surface area contributed by atoms with Crippen molar-refractivity contribution in [3.05, 3.63) is 18.3 Å². The predicted octanol–water partition coefficient (Wildman–Crippen LogP) is 1.94. The van der Waals surface area contributed by atoms with Crippen molar-refractivity contribution < 1.29 is 8.42 Å². The van der Waals surface area contributed by atoms with Crippen LogP contribution in [0.1, 0.15) is 20.8 Å². The lowest BCUT2D eigenvalue weighted by atomic mass is 9.97. The lowest BCUT2D eigenvalue weighted by Crippen LogP contribution is -2.20. The number of nitrogens with zero attached hydrogens (tertiary/aromatic N) is 1. The van der Waals surface area contributed by atoms with Crippen molar-refractivity contribution >= 4 is 15.7 Å². The Morgan fingerprint density at radius 3 is 2.50 bits per heavy atom. The van der Waals surface area contributed by atoms with Crippen molar-refractivity contribution in [3.8, 4) is 0 Å². The number of hydrogen-bond acceptors (Lipinski definition) is 4. The number of nitrogens with one attached hydrogen (secondary N) is 1. The fourth-order valence-corrected chi connectivity index (χ4v) is 1.97. The summed E-state index contributed by atoms with van der Waals surface area (Å²) in [6, 6.07) is 3.19. The Morgan fingerprint density at radius 2 is 2.00 bits per heavy atom. The van der Waals surface area contributed by atoms with Gasteiger partial charge in [-0.2, -0.15) is 0 Å². The van der Waals surface area contributed by atoms with Crippen molar-refractivity contribution in [2.75, 3.05) is 18.1 Å². The molecule has 1 rings (SSSR count). The van der Waals surface area contributed by atoms with E-state index < -0.39 is 9.84 Å². The zero-order chi connectivity index (χ0) is 12.4. The third-order valence-electron chi connectivity index (χ3n) is 1.96. The largest absolute Gasteiger partial charge is 0.368 e. The minimum absolute atomic E-state index is 0.0757. The van der Waals surface area contributed by atoms with Gasteiger partial charge >= 0.3 is 0 Å². The summed E-state index contributed by atoms with van der Waals surface area (Å²) in [5.41, 5.74) is 0.0757. The van der Waals surface area contributed by atoms with Crippen molar-refractivity contribution in [2.45, 2.75) is 25.7 Å². The van der Waals surface area contributed by atoms with Gasteiger partial charge in [-0.3, -0.25) is 0 Å². The van der Waals surface area contributed by atoms with E-state index in [0.717, 1.165) is 0 Å². The molecular weight excluding hydrogens is 224 g/mol. The first kappa shape index (κ1) is 13.0. The highest BCUT2D eigenvalue weighted by Gasteiger charge is 2.16. The van der Waals surface area contributed by atoms with Gasteiger partial charge in [0.2, 0.25) is 0 Å². The quantitative estimate of drug-likeness (QED) is 0.880. The number of pyridine rings is 1. The molecule has 0 unspecified atom stereocenters. The fraction of sp³-hybridized carbons (Fsp3) is 0.545. The van der Waals surface area contributed by atoms with Crippen molar-refractivity contribution in [2.24, 2.45) is 5.41 Å². The second kappa shape index (κ2) is 4.41. The molecule has 0 amide bonds. The van der Waals surface area contributed by atoms with Gasteiger partial charge in [-0.05, 0) is 17.5 Å². The predicted molar refractivity (Wildman–Crippen MR) is 65.3 cm³/mol. The smallest absolute Gasteiger partial charge is 0.179 e. The van der Waals surface area contributed by atoms with Gasteiger partial charge in [0.25, 0.3) is 0 Å². The number of anilines is 1. The minimum atomic E-state index is -3.23. The highest BCUT2D eigenvalue weighted by Crippen LogP contribution is 2.20. The SMILES string of the molecule is CC(C)(C)CNc1ncccc1S(C)(=O)=O. The van der Waals surface area contributed by atoms with E-state index in [9.17, 15) is 8.42 Å². The van der Waals surface area contributed by atoms with Crippen LogP contribution in [0, 0.1) is 5.41 Å². The van der Waals surface area contributed by atoms with Gasteiger partial charge in [0, 0.05) is 19.0 Å². The van der Waals surface area contributed by atoms with Crippen LogP contribution in [0.3, 0.4) is 0 Å². The Hall–Kier alpha value is -1.10. The van der Waals surface area contributed by atoms with Gasteiger partial charge in [-0.1, -0.05) is 20.8 Å². The van der Waals surface area contributed by atoms with Gasteiger partial charge in [-0.15, -0.1) is 0 Å². The monoisotopic (exact) mass is 242 g/mol. The number of aromatic nitrogens is 1. The van der Waals surface area contributed by atoms with E-state index >= 15 is 0 Å². The first-order valence-corrected chi connectivity index (χ1v) is 6.98. The second-order valence-corrected chi connectivity index (χ2v) is 7.02. The molecule has 90 valence electrons. The normalized spacial score (nSPS) is 12.5. The van der Waals surface area contributed by atoms with E-state index in [2.05, 4.69) is 31.1 Å². The average molecular weight is 242 g/mol. The molecule has 0 saturated carbocycles. The molecule has 1 N–H and O–H groups in total. The highest BCUT2D eigenvalue weighted by molar-refractivity contribution is 7.90. The molecule has 0 radical (unpaired) electrons. The van der Waals surface area contributed by atoms with Crippen LogP contribution < -0.4 is 5.32 Å². The Balaban J connectivity index is 2.97. The summed E-state index contributed by atoms with van der Waals surface area (Å²) in [5.74, 6) is 0.430. The molecule has 0 spiro atoms. The molecule has 1 aromatic rings. The van der Waals surface area contributed by atoms with E-state index in [1.54, 1.807) is 18.3 Å². The van der Waals surface area contributed by atoms with Gasteiger partial charge in [0.1, 0.15) is 10.7 Å². The fourth-order valence-electron chi connectivity index (χ4n) is 1.17. The molecule has 0 aliphatic rings. The van der Waals surface area contributed by atoms with Crippen LogP contribution >= 0.6 is 0 Å². The lowest BCUT2D eigenvalue weighted by molar-refractivity contribution is 0.442. The summed E-state index contributed by atoms with van der Waals surface area (Å²) in [7, 11) is -3.23. The standard InChI is InChI=1S/C11H18N2O2S/c1-11(2,3)8-13-10-9(16(4,14)15)6-5-7-12-10/h5-7H,8H2,1-4H3,(H,12,13). The molecule has 1 heterocycles. The zero-order valence-corrected chi connectivity index (χ0v) is 10.9. The van der Waals surface area contributed by atoms with Crippen LogP contribution in [0.4, 0.5) is 5.82 Å². The van der Waals surface area contributed by atoms with E-state index in [1.807, 2.05) is 0 Å². The number of hydrogen-bond donors (Lipinski definition) is 1. The first-order chi connectivity index (χ1) is 7.20. The molecule has 0 aliphatic carbocycles. The van der Waals surface area contributed by atoms with Crippen LogP contribution in [-0.4, -0.2) is 26.2 Å². The summed E-state index contributed by atoms with van der Waals surface area (Å²) in [6.45, 7) is 6.89. The topological polar surface area (TPSA) is 59.1 Å². The maximum absolute atomic E-state index is 11.5. The molecule has 5 heteroatoms. The van der Waals surface area contributed by atoms with Crippen LogP contribution in [0.15, 0.2) is 23.2 Å². The van der Waals surface area contributed by atoms with Crippen molar-refractivity contribution in [1.82, 2.24) is 4.98 Å². The third kappa shape index (κ3) is 3.81. The van der Waals surface area contributed by atoms with Gasteiger partial charge in [0.15, 0.2) is 9.84 Å². The zero-order valence-electron chi connectivity index (χ0n) is 10.1. The minimum Gasteiger partial charge on any atom is -0.368 e. The lowest BCUT2D eigenvalue weighted by Gasteiger charge is -2.20. The number of rotatable bonds is 3. The van der Waals surface area contributed by atoms with Crippen LogP contribution in [0.25, 0.3) is 0 Å². The molecule has 4 nitrogen and oxygen atoms in total. The van der Waals surface area contributed by atoms with Crippen LogP contribution in [0.5, 0.6) is 0 Å². The Morgan fingerprint density at radius 1 is 1.38 bits per heavy atom. The molecular formula is C11H18N2O2S. The first-order valence-electron chi connectivity index (χ1n) is 5.09. The van der Waals surface area contributed by atoms with Crippen LogP contribution in [0.2, 0.25) is 0 Å². The third-order valence-corrected chi connectivity index (χ3v) is 3.08. The Labute approximate surface area is 97.0 Å². The second-order valence-electron chi connectivity index (χ2n) is 5.04. The molecule has 0 bridgehead atoms. The average Bonchev–Trinajstić information content (AvgIpc) is 2.12. The van der Waals surface area contributed by atoms with E-state index in [4.69, 9.17) is 0 Å². The molecule has 0 saturated heterocycles. The maximum atomic E-state index is 11.5. The summed E-state index contributed by atoms with van der Waals surface area (Å²) >= 11 is 0. The summed E-state index contributed by atoms with van der Waals surface area (Å²) in [6.07, 6.45) is 2.77. The Bertz CT molecular complexity index is 461. The van der Waals surface area contributed by atoms with E-state index in [-0.39, 0.29) is 10.3 Å². The molecule has 1 aromatic heterocycles. The van der Waals surface area contributed by atoms with Crippen molar-refractivity contribution in [1.29, 1.82) is 0 Å². The highest BCUT2D eigenvalue weighted by atomic mass is 32.2.